The minimum atomic E-state index is -5.17. The number of Topliss-reactive ketones (excluding diaryl/α,β-unsaturated/α-hetero) is 1. The Kier molecular flexibility index (Phi) is 14.2. The van der Waals surface area contributed by atoms with Crippen LogP contribution in [0, 0.1) is 5.41 Å². The number of aliphatic hydroxyl groups is 4. The first-order valence-electron chi connectivity index (χ1n) is 8.90. The van der Waals surface area contributed by atoms with E-state index in [0.29, 0.717) is 24.0 Å². The van der Waals surface area contributed by atoms with Crippen molar-refractivity contribution in [1.82, 2.24) is 0 Å². The Bertz CT molecular complexity index is 884. The van der Waals surface area contributed by atoms with Crippen LogP contribution >= 0.6 is 0 Å². The number of carbonyl (C=O) groups excluding carboxylic acids is 1. The van der Waals surface area contributed by atoms with Gasteiger partial charge in [-0.2, -0.15) is 0 Å². The smallest absolute Gasteiger partial charge is 0.759 e. The van der Waals surface area contributed by atoms with Crippen molar-refractivity contribution in [1.29, 1.82) is 0 Å². The molecule has 0 saturated heterocycles. The monoisotopic (exact) mass is 578 g/mol. The number of carbonyl (C=O) groups is 1. The molecule has 2 rings (SSSR count). The van der Waals surface area contributed by atoms with Gasteiger partial charge >= 0.3 is 48.9 Å². The average molecular weight is 578 g/mol. The summed E-state index contributed by atoms with van der Waals surface area (Å²) in [5.41, 5.74) is 0.862. The second-order valence-electron chi connectivity index (χ2n) is 6.76. The van der Waals surface area contributed by atoms with Gasteiger partial charge < -0.3 is 29.5 Å². The van der Waals surface area contributed by atoms with E-state index in [1.807, 2.05) is 6.07 Å². The van der Waals surface area contributed by atoms with Gasteiger partial charge in [-0.1, -0.05) is 54.6 Å². The van der Waals surface area contributed by atoms with E-state index in [9.17, 15) is 25.2 Å². The normalized spacial score (nSPS) is 12.2. The van der Waals surface area contributed by atoms with Gasteiger partial charge in [-0.05, 0) is 24.0 Å². The van der Waals surface area contributed by atoms with Crippen LogP contribution < -0.4 is 0 Å². The number of hydrogen-bond acceptors (Lipinski definition) is 9. The van der Waals surface area contributed by atoms with E-state index in [1.54, 1.807) is 48.5 Å². The van der Waals surface area contributed by atoms with Crippen LogP contribution in [0.25, 0.3) is 0 Å². The van der Waals surface area contributed by atoms with Gasteiger partial charge in [0.25, 0.3) is 0 Å². The van der Waals surface area contributed by atoms with Gasteiger partial charge in [-0.25, -0.2) is 0 Å². The standard InChI is InChI=1S/C20H24O5.Ba.H2O4S/c21-12-20(13-22,14-23)10-9-15-5-4-8-17(11-15)19(25)18(24)16-6-2-1-3-7-16;;1-5(2,3)4/h1-8,11,19,21-23,25H,9-10,12-14H2;;(H2,1,2,3,4)/q;+2;/p-2. The van der Waals surface area contributed by atoms with E-state index in [0.717, 1.165) is 5.56 Å². The summed E-state index contributed by atoms with van der Waals surface area (Å²) < 4.78 is 34.1. The molecule has 0 heterocycles. The third-order valence-electron chi connectivity index (χ3n) is 4.52. The third-order valence-corrected chi connectivity index (χ3v) is 4.52. The number of aryl methyl sites for hydroxylation is 1. The van der Waals surface area contributed by atoms with Gasteiger partial charge in [-0.15, -0.1) is 0 Å². The molecule has 0 amide bonds. The van der Waals surface area contributed by atoms with Crippen LogP contribution in [0.3, 0.4) is 0 Å². The van der Waals surface area contributed by atoms with Crippen molar-refractivity contribution in [3.05, 3.63) is 71.3 Å². The van der Waals surface area contributed by atoms with E-state index >= 15 is 0 Å². The van der Waals surface area contributed by atoms with Gasteiger partial charge in [0, 0.05) is 21.4 Å². The maximum atomic E-state index is 12.4. The number of benzene rings is 2. The summed E-state index contributed by atoms with van der Waals surface area (Å²) in [5, 5.41) is 38.5. The zero-order valence-electron chi connectivity index (χ0n) is 16.8. The summed E-state index contributed by atoms with van der Waals surface area (Å²) in [5.74, 6) is -0.367. The molecule has 166 valence electrons. The van der Waals surface area contributed by atoms with Crippen LogP contribution in [0.2, 0.25) is 0 Å². The van der Waals surface area contributed by atoms with Crippen molar-refractivity contribution in [2.75, 3.05) is 19.8 Å². The summed E-state index contributed by atoms with van der Waals surface area (Å²) in [6, 6.07) is 15.6. The Morgan fingerprint density at radius 3 is 1.94 bits per heavy atom. The Morgan fingerprint density at radius 2 is 1.45 bits per heavy atom. The van der Waals surface area contributed by atoms with Crippen molar-refractivity contribution < 1.29 is 42.7 Å². The minimum Gasteiger partial charge on any atom is -0.759 e. The molecule has 1 unspecified atom stereocenters. The van der Waals surface area contributed by atoms with Crippen LogP contribution in [-0.4, -0.2) is 112 Å². The zero-order chi connectivity index (χ0) is 22.8. The molecule has 0 aliphatic rings. The molecular weight excluding hydrogens is 554 g/mol. The molecule has 0 aromatic heterocycles. The Labute approximate surface area is 221 Å². The van der Waals surface area contributed by atoms with E-state index < -0.39 is 21.9 Å². The first-order valence-corrected chi connectivity index (χ1v) is 10.2. The molecule has 0 radical (unpaired) electrons. The Hall–Kier alpha value is -0.609. The molecule has 0 fully saturated rings. The van der Waals surface area contributed by atoms with Crippen molar-refractivity contribution in [2.45, 2.75) is 18.9 Å². The van der Waals surface area contributed by atoms with E-state index in [2.05, 4.69) is 0 Å². The fraction of sp³-hybridized carbons (Fsp3) is 0.350. The first-order chi connectivity index (χ1) is 14.0. The maximum absolute atomic E-state index is 12.4. The molecule has 4 N–H and O–H groups in total. The molecule has 0 spiro atoms. The van der Waals surface area contributed by atoms with Crippen LogP contribution in [0.4, 0.5) is 0 Å². The molecule has 9 nitrogen and oxygen atoms in total. The van der Waals surface area contributed by atoms with E-state index in [-0.39, 0.29) is 74.5 Å². The van der Waals surface area contributed by atoms with Crippen LogP contribution in [0.5, 0.6) is 0 Å². The fourth-order valence-corrected chi connectivity index (χ4v) is 2.63. The van der Waals surface area contributed by atoms with E-state index in [4.69, 9.17) is 17.5 Å². The SMILES string of the molecule is O=C(c1ccccc1)C(O)c1cccc(CCC(CO)(CO)CO)c1.O=S(=O)([O-])[O-].[Ba+2]. The van der Waals surface area contributed by atoms with Gasteiger partial charge in [-0.3, -0.25) is 13.2 Å². The summed E-state index contributed by atoms with van der Waals surface area (Å²) in [6.45, 7) is -0.932. The molecule has 2 aromatic carbocycles. The first kappa shape index (κ1) is 30.4. The molecule has 0 aliphatic heterocycles. The van der Waals surface area contributed by atoms with Crippen LogP contribution in [0.15, 0.2) is 54.6 Å². The van der Waals surface area contributed by atoms with Crippen LogP contribution in [0.1, 0.15) is 34.0 Å². The Balaban J connectivity index is 0.00000135. The number of rotatable bonds is 9. The molecule has 0 saturated carbocycles. The van der Waals surface area contributed by atoms with Gasteiger partial charge in [0.2, 0.25) is 0 Å². The maximum Gasteiger partial charge on any atom is 2.00 e. The predicted octanol–water partition coefficient (Wildman–Crippen LogP) is -0.220. The number of ketones is 1. The average Bonchev–Trinajstić information content (AvgIpc) is 2.74. The minimum absolute atomic E-state index is 0. The number of hydrogen-bond donors (Lipinski definition) is 4. The molecule has 31 heavy (non-hydrogen) atoms. The van der Waals surface area contributed by atoms with Gasteiger partial charge in [0.05, 0.1) is 19.8 Å². The number of aliphatic hydroxyl groups excluding tert-OH is 4. The third kappa shape index (κ3) is 11.2. The summed E-state index contributed by atoms with van der Waals surface area (Å²) in [4.78, 5) is 12.4. The fourth-order valence-electron chi connectivity index (χ4n) is 2.63. The van der Waals surface area contributed by atoms with Crippen molar-refractivity contribution in [3.8, 4) is 0 Å². The van der Waals surface area contributed by atoms with Crippen molar-refractivity contribution in [2.24, 2.45) is 5.41 Å². The topological polar surface area (TPSA) is 178 Å². The molecule has 2 aromatic rings. The molecule has 0 bridgehead atoms. The van der Waals surface area contributed by atoms with Gasteiger partial charge in [0.1, 0.15) is 6.10 Å². The zero-order valence-corrected chi connectivity index (χ0v) is 22.0. The second-order valence-corrected chi connectivity index (χ2v) is 7.58. The van der Waals surface area contributed by atoms with Crippen molar-refractivity contribution in [3.63, 3.8) is 0 Å². The Morgan fingerprint density at radius 1 is 0.935 bits per heavy atom. The molecule has 1 atom stereocenters. The largest absolute Gasteiger partial charge is 2.00 e. The molecule has 11 heteroatoms. The summed E-state index contributed by atoms with van der Waals surface area (Å²) in [6.07, 6.45) is -0.356. The quantitative estimate of drug-likeness (QED) is 0.136. The van der Waals surface area contributed by atoms with Crippen LogP contribution in [-0.2, 0) is 16.8 Å². The van der Waals surface area contributed by atoms with Crippen molar-refractivity contribution >= 4 is 65.1 Å². The molecule has 0 aliphatic carbocycles. The predicted molar refractivity (Wildman–Crippen MR) is 110 cm³/mol. The van der Waals surface area contributed by atoms with E-state index in [1.165, 1.54) is 0 Å². The summed E-state index contributed by atoms with van der Waals surface area (Å²) in [7, 11) is -5.17. The van der Waals surface area contributed by atoms with Gasteiger partial charge in [0.15, 0.2) is 5.78 Å². The molecular formula is C20H24BaO9S. The second kappa shape index (κ2) is 14.5. The summed E-state index contributed by atoms with van der Waals surface area (Å²) >= 11 is 0.